The Bertz CT molecular complexity index is 29.8. The molecule has 37 valence electrons. The Labute approximate surface area is 35.2 Å². The van der Waals surface area contributed by atoms with Crippen LogP contribution in [-0.2, 0) is 5.11 Å². The molecule has 2 atom stereocenters. The molecule has 0 bridgehead atoms. The van der Waals surface area contributed by atoms with Crippen molar-refractivity contribution in [3.63, 3.8) is 0 Å². The highest BCUT2D eigenvalue weighted by atomic mass is 19.1. The SMILES string of the molecule is CC(O)C([O])F. The van der Waals surface area contributed by atoms with E-state index in [9.17, 15) is 9.50 Å². The van der Waals surface area contributed by atoms with E-state index in [-0.39, 0.29) is 0 Å². The van der Waals surface area contributed by atoms with Gasteiger partial charge >= 0.3 is 0 Å². The molecule has 0 saturated carbocycles. The zero-order valence-corrected chi connectivity index (χ0v) is 3.39. The van der Waals surface area contributed by atoms with Gasteiger partial charge in [-0.2, -0.15) is 5.11 Å². The summed E-state index contributed by atoms with van der Waals surface area (Å²) in [5.41, 5.74) is 0. The van der Waals surface area contributed by atoms with Gasteiger partial charge < -0.3 is 5.11 Å². The summed E-state index contributed by atoms with van der Waals surface area (Å²) in [7, 11) is 0. The van der Waals surface area contributed by atoms with Crippen molar-refractivity contribution in [1.82, 2.24) is 0 Å². The van der Waals surface area contributed by atoms with Gasteiger partial charge in [-0.25, -0.2) is 4.39 Å². The molecule has 0 aromatic rings. The van der Waals surface area contributed by atoms with Crippen molar-refractivity contribution in [2.24, 2.45) is 0 Å². The van der Waals surface area contributed by atoms with Gasteiger partial charge in [0.2, 0.25) is 0 Å². The number of rotatable bonds is 1. The third kappa shape index (κ3) is 2.11. The first-order chi connectivity index (χ1) is 2.64. The van der Waals surface area contributed by atoms with Gasteiger partial charge in [0.25, 0.3) is 6.36 Å². The predicted molar refractivity (Wildman–Crippen MR) is 17.3 cm³/mol. The van der Waals surface area contributed by atoms with Crippen LogP contribution in [0.4, 0.5) is 4.39 Å². The normalized spacial score (nSPS) is 20.0. The second-order valence-corrected chi connectivity index (χ2v) is 1.09. The van der Waals surface area contributed by atoms with E-state index in [4.69, 9.17) is 5.11 Å². The molecule has 3 heteroatoms. The fourth-order valence-electron chi connectivity index (χ4n) is 0. The van der Waals surface area contributed by atoms with E-state index in [1.165, 1.54) is 0 Å². The highest BCUT2D eigenvalue weighted by molar-refractivity contribution is 4.42. The minimum absolute atomic E-state index is 1.11. The summed E-state index contributed by atoms with van der Waals surface area (Å²) in [6.07, 6.45) is -3.71. The molecule has 0 aliphatic heterocycles. The van der Waals surface area contributed by atoms with E-state index in [2.05, 4.69) is 0 Å². The van der Waals surface area contributed by atoms with E-state index >= 15 is 0 Å². The summed E-state index contributed by atoms with van der Waals surface area (Å²) in [6.45, 7) is 1.11. The second kappa shape index (κ2) is 2.10. The van der Waals surface area contributed by atoms with Crippen LogP contribution in [0.1, 0.15) is 6.92 Å². The summed E-state index contributed by atoms with van der Waals surface area (Å²) in [5, 5.41) is 17.3. The van der Waals surface area contributed by atoms with Crippen LogP contribution in [-0.4, -0.2) is 17.6 Å². The maximum Gasteiger partial charge on any atom is 0.256 e. The topological polar surface area (TPSA) is 40.1 Å². The Kier molecular flexibility index (Phi) is 2.05. The highest BCUT2D eigenvalue weighted by Crippen LogP contribution is 1.90. The first-order valence-corrected chi connectivity index (χ1v) is 1.62. The van der Waals surface area contributed by atoms with Crippen molar-refractivity contribution in [3.8, 4) is 0 Å². The minimum atomic E-state index is -2.34. The average molecular weight is 93.1 g/mol. The summed E-state index contributed by atoms with van der Waals surface area (Å²) < 4.78 is 11.0. The Morgan fingerprint density at radius 3 is 2.00 bits per heavy atom. The molecule has 0 aromatic heterocycles. The first kappa shape index (κ1) is 5.85. The number of aliphatic hydroxyl groups excluding tert-OH is 1. The monoisotopic (exact) mass is 93.0 g/mol. The lowest BCUT2D eigenvalue weighted by atomic mass is 10.4. The molecule has 0 aliphatic carbocycles. The molecule has 0 aliphatic rings. The van der Waals surface area contributed by atoms with Crippen LogP contribution in [0.5, 0.6) is 0 Å². The molecule has 1 N–H and O–H groups in total. The average Bonchev–Trinajstić information content (AvgIpc) is 1.36. The molecule has 0 saturated heterocycles. The quantitative estimate of drug-likeness (QED) is 0.490. The van der Waals surface area contributed by atoms with Crippen LogP contribution in [0.3, 0.4) is 0 Å². The van der Waals surface area contributed by atoms with Gasteiger partial charge in [-0.3, -0.25) is 0 Å². The Morgan fingerprint density at radius 2 is 2.00 bits per heavy atom. The van der Waals surface area contributed by atoms with Gasteiger partial charge in [-0.1, -0.05) is 0 Å². The third-order valence-electron chi connectivity index (χ3n) is 0.379. The molecule has 1 radical (unpaired) electrons. The van der Waals surface area contributed by atoms with Crippen molar-refractivity contribution < 1.29 is 14.6 Å². The van der Waals surface area contributed by atoms with Crippen LogP contribution >= 0.6 is 0 Å². The molecule has 2 unspecified atom stereocenters. The summed E-state index contributed by atoms with van der Waals surface area (Å²) >= 11 is 0. The van der Waals surface area contributed by atoms with Crippen LogP contribution in [0, 0.1) is 0 Å². The Morgan fingerprint density at radius 1 is 1.83 bits per heavy atom. The Hall–Kier alpha value is -0.150. The summed E-state index contributed by atoms with van der Waals surface area (Å²) in [5.74, 6) is 0. The van der Waals surface area contributed by atoms with E-state index in [0.29, 0.717) is 0 Å². The number of alkyl halides is 1. The lowest BCUT2D eigenvalue weighted by Crippen LogP contribution is -2.14. The third-order valence-corrected chi connectivity index (χ3v) is 0.379. The molecular weight excluding hydrogens is 87.0 g/mol. The predicted octanol–water partition coefficient (Wildman–Crippen LogP) is 0.0933. The molecule has 2 nitrogen and oxygen atoms in total. The number of hydrogen-bond acceptors (Lipinski definition) is 1. The van der Waals surface area contributed by atoms with Crippen molar-refractivity contribution in [2.75, 3.05) is 0 Å². The molecular formula is C3H6FO2. The molecule has 0 fully saturated rings. The van der Waals surface area contributed by atoms with Gasteiger partial charge in [-0.05, 0) is 6.92 Å². The number of hydrogen-bond donors (Lipinski definition) is 1. The Balaban J connectivity index is 2.99. The highest BCUT2D eigenvalue weighted by Gasteiger charge is 2.07. The molecule has 0 amide bonds. The van der Waals surface area contributed by atoms with Crippen molar-refractivity contribution >= 4 is 0 Å². The maximum absolute atomic E-state index is 11.0. The first-order valence-electron chi connectivity index (χ1n) is 1.62. The van der Waals surface area contributed by atoms with E-state index in [1.807, 2.05) is 0 Å². The minimum Gasteiger partial charge on any atom is -0.388 e. The molecule has 0 spiro atoms. The number of aliphatic hydroxyl groups is 1. The summed E-state index contributed by atoms with van der Waals surface area (Å²) in [6, 6.07) is 0. The standard InChI is InChI=1S/C3H6FO2/c1-2(5)3(4)6/h2-3,5H,1H3. The summed E-state index contributed by atoms with van der Waals surface area (Å²) in [4.78, 5) is 0. The van der Waals surface area contributed by atoms with Gasteiger partial charge in [0.15, 0.2) is 0 Å². The lowest BCUT2D eigenvalue weighted by molar-refractivity contribution is -0.0996. The van der Waals surface area contributed by atoms with Crippen LogP contribution < -0.4 is 0 Å². The molecule has 6 heavy (non-hydrogen) atoms. The van der Waals surface area contributed by atoms with Crippen LogP contribution in [0.25, 0.3) is 0 Å². The zero-order valence-electron chi connectivity index (χ0n) is 3.39. The fraction of sp³-hybridized carbons (Fsp3) is 1.00. The van der Waals surface area contributed by atoms with Crippen LogP contribution in [0.15, 0.2) is 0 Å². The van der Waals surface area contributed by atoms with Gasteiger partial charge in [-0.15, -0.1) is 0 Å². The molecule has 0 heterocycles. The lowest BCUT2D eigenvalue weighted by Gasteiger charge is -1.96. The van der Waals surface area contributed by atoms with Crippen LogP contribution in [0.2, 0.25) is 0 Å². The molecule has 0 rings (SSSR count). The van der Waals surface area contributed by atoms with E-state index < -0.39 is 12.5 Å². The number of halogens is 1. The van der Waals surface area contributed by atoms with Crippen molar-refractivity contribution in [3.05, 3.63) is 0 Å². The van der Waals surface area contributed by atoms with Gasteiger partial charge in [0.1, 0.15) is 6.10 Å². The van der Waals surface area contributed by atoms with Gasteiger partial charge in [0, 0.05) is 0 Å². The fourth-order valence-corrected chi connectivity index (χ4v) is 0. The van der Waals surface area contributed by atoms with Gasteiger partial charge in [0.05, 0.1) is 0 Å². The largest absolute Gasteiger partial charge is 0.388 e. The second-order valence-electron chi connectivity index (χ2n) is 1.09. The van der Waals surface area contributed by atoms with Crippen molar-refractivity contribution in [2.45, 2.75) is 19.4 Å². The maximum atomic E-state index is 11.0. The van der Waals surface area contributed by atoms with E-state index in [0.717, 1.165) is 6.92 Å². The van der Waals surface area contributed by atoms with Crippen molar-refractivity contribution in [1.29, 1.82) is 0 Å². The smallest absolute Gasteiger partial charge is 0.256 e. The molecule has 0 aromatic carbocycles. The van der Waals surface area contributed by atoms with E-state index in [1.54, 1.807) is 0 Å². The zero-order chi connectivity index (χ0) is 5.15.